The largest absolute Gasteiger partial charge is 0.493 e. The van der Waals surface area contributed by atoms with E-state index in [0.29, 0.717) is 17.8 Å². The van der Waals surface area contributed by atoms with Crippen molar-refractivity contribution >= 4 is 0 Å². The van der Waals surface area contributed by atoms with Gasteiger partial charge in [-0.15, -0.1) is 0 Å². The number of hydrogen-bond donors (Lipinski definition) is 1. The number of nitrogens with zero attached hydrogens (tertiary/aromatic N) is 2. The Morgan fingerprint density at radius 2 is 1.17 bits per heavy atom. The van der Waals surface area contributed by atoms with Gasteiger partial charge in [0.05, 0.1) is 12.2 Å². The van der Waals surface area contributed by atoms with Gasteiger partial charge in [-0.25, -0.2) is 4.68 Å². The van der Waals surface area contributed by atoms with Gasteiger partial charge in [0.1, 0.15) is 0 Å². The molecule has 3 rings (SSSR count). The van der Waals surface area contributed by atoms with Gasteiger partial charge in [0, 0.05) is 5.56 Å². The minimum absolute atomic E-state index is 0.415. The Bertz CT molecular complexity index is 464. The zero-order valence-corrected chi connectivity index (χ0v) is 15.4. The van der Waals surface area contributed by atoms with Gasteiger partial charge in [-0.1, -0.05) is 77.0 Å². The van der Waals surface area contributed by atoms with E-state index in [-0.39, 0.29) is 0 Å². The molecule has 3 nitrogen and oxygen atoms in total. The van der Waals surface area contributed by atoms with Crippen LogP contribution in [0.5, 0.6) is 5.88 Å². The second kappa shape index (κ2) is 9.48. The highest BCUT2D eigenvalue weighted by Crippen LogP contribution is 2.37. The van der Waals surface area contributed by atoms with Gasteiger partial charge in [0.25, 0.3) is 0 Å². The Hall–Kier alpha value is -0.990. The van der Waals surface area contributed by atoms with Crippen molar-refractivity contribution in [3.63, 3.8) is 0 Å². The van der Waals surface area contributed by atoms with Crippen LogP contribution in [0.2, 0.25) is 0 Å². The zero-order valence-electron chi connectivity index (χ0n) is 15.4. The summed E-state index contributed by atoms with van der Waals surface area (Å²) < 4.78 is 1.97. The smallest absolute Gasteiger partial charge is 0.213 e. The standard InChI is InChI=1S/C21H36N2O/c24-21-20(18-13-9-5-2-1-3-6-10-14-18)17-22-23(21)19-15-11-7-4-8-12-16-19/h17-19,24H,1-16H2. The van der Waals surface area contributed by atoms with Crippen LogP contribution < -0.4 is 0 Å². The first kappa shape index (κ1) is 17.8. The highest BCUT2D eigenvalue weighted by molar-refractivity contribution is 5.27. The molecule has 1 aromatic heterocycles. The molecule has 2 aliphatic rings. The first-order valence-electron chi connectivity index (χ1n) is 10.6. The lowest BCUT2D eigenvalue weighted by Gasteiger charge is -2.22. The Kier molecular flexibility index (Phi) is 7.04. The Balaban J connectivity index is 1.69. The molecular weight excluding hydrogens is 296 g/mol. The molecule has 0 amide bonds. The van der Waals surface area contributed by atoms with Crippen molar-refractivity contribution in [1.29, 1.82) is 0 Å². The fraction of sp³-hybridized carbons (Fsp3) is 0.857. The number of rotatable bonds is 2. The normalized spacial score (nSPS) is 23.5. The van der Waals surface area contributed by atoms with Crippen LogP contribution in [0.4, 0.5) is 0 Å². The Labute approximate surface area is 147 Å². The lowest BCUT2D eigenvalue weighted by Crippen LogP contribution is -2.12. The number of aromatic nitrogens is 2. The van der Waals surface area contributed by atoms with E-state index in [1.807, 2.05) is 10.9 Å². The van der Waals surface area contributed by atoms with Crippen molar-refractivity contribution in [3.8, 4) is 5.88 Å². The molecule has 1 aromatic rings. The van der Waals surface area contributed by atoms with Gasteiger partial charge in [0.15, 0.2) is 0 Å². The summed E-state index contributed by atoms with van der Waals surface area (Å²) >= 11 is 0. The third kappa shape index (κ3) is 4.77. The van der Waals surface area contributed by atoms with E-state index in [4.69, 9.17) is 0 Å². The maximum atomic E-state index is 10.9. The van der Waals surface area contributed by atoms with Crippen molar-refractivity contribution < 1.29 is 5.11 Å². The SMILES string of the molecule is Oc1c(C2CCCCCCCCC2)cnn1C1CCCCCCC1. The summed E-state index contributed by atoms with van der Waals surface area (Å²) in [5.74, 6) is 1.01. The molecule has 136 valence electrons. The lowest BCUT2D eigenvalue weighted by atomic mass is 9.88. The van der Waals surface area contributed by atoms with Crippen LogP contribution in [0.15, 0.2) is 6.20 Å². The van der Waals surface area contributed by atoms with E-state index in [0.717, 1.165) is 5.56 Å². The van der Waals surface area contributed by atoms with Crippen molar-refractivity contribution in [2.24, 2.45) is 0 Å². The first-order chi connectivity index (χ1) is 11.9. The molecule has 0 aromatic carbocycles. The molecular formula is C21H36N2O. The predicted octanol–water partition coefficient (Wildman–Crippen LogP) is 6.48. The highest BCUT2D eigenvalue weighted by Gasteiger charge is 2.23. The molecule has 0 bridgehead atoms. The zero-order chi connectivity index (χ0) is 16.6. The summed E-state index contributed by atoms with van der Waals surface area (Å²) in [4.78, 5) is 0. The maximum absolute atomic E-state index is 10.9. The quantitative estimate of drug-likeness (QED) is 0.673. The van der Waals surface area contributed by atoms with Gasteiger partial charge in [-0.05, 0) is 31.6 Å². The molecule has 0 saturated heterocycles. The van der Waals surface area contributed by atoms with E-state index in [1.54, 1.807) is 0 Å². The summed E-state index contributed by atoms with van der Waals surface area (Å²) in [5.41, 5.74) is 1.14. The van der Waals surface area contributed by atoms with Gasteiger partial charge < -0.3 is 5.11 Å². The monoisotopic (exact) mass is 332 g/mol. The molecule has 2 aliphatic carbocycles. The molecule has 0 spiro atoms. The van der Waals surface area contributed by atoms with Gasteiger partial charge in [-0.2, -0.15) is 5.10 Å². The average Bonchev–Trinajstić information content (AvgIpc) is 2.94. The molecule has 3 heteroatoms. The summed E-state index contributed by atoms with van der Waals surface area (Å²) in [6.45, 7) is 0. The average molecular weight is 333 g/mol. The van der Waals surface area contributed by atoms with Crippen LogP contribution in [0.1, 0.15) is 120 Å². The van der Waals surface area contributed by atoms with Crippen LogP contribution in [-0.2, 0) is 0 Å². The summed E-state index contributed by atoms with van der Waals surface area (Å²) in [7, 11) is 0. The van der Waals surface area contributed by atoms with Gasteiger partial charge in [-0.3, -0.25) is 0 Å². The Morgan fingerprint density at radius 1 is 0.708 bits per heavy atom. The van der Waals surface area contributed by atoms with E-state index in [9.17, 15) is 5.11 Å². The van der Waals surface area contributed by atoms with E-state index in [1.165, 1.54) is 103 Å². The summed E-state index contributed by atoms with van der Waals surface area (Å²) in [6.07, 6.45) is 22.9. The Morgan fingerprint density at radius 3 is 1.71 bits per heavy atom. The summed E-state index contributed by atoms with van der Waals surface area (Å²) in [5, 5.41) is 15.5. The topological polar surface area (TPSA) is 38.1 Å². The second-order valence-corrected chi connectivity index (χ2v) is 8.12. The van der Waals surface area contributed by atoms with Crippen molar-refractivity contribution in [2.75, 3.05) is 0 Å². The molecule has 0 atom stereocenters. The molecule has 24 heavy (non-hydrogen) atoms. The van der Waals surface area contributed by atoms with E-state index >= 15 is 0 Å². The number of hydrogen-bond acceptors (Lipinski definition) is 2. The fourth-order valence-corrected chi connectivity index (χ4v) is 4.72. The van der Waals surface area contributed by atoms with Gasteiger partial charge in [0.2, 0.25) is 5.88 Å². The molecule has 0 aliphatic heterocycles. The van der Waals surface area contributed by atoms with Crippen molar-refractivity contribution in [2.45, 2.75) is 115 Å². The molecule has 2 saturated carbocycles. The predicted molar refractivity (Wildman–Crippen MR) is 99.5 cm³/mol. The molecule has 1 heterocycles. The third-order valence-corrected chi connectivity index (χ3v) is 6.26. The van der Waals surface area contributed by atoms with Crippen LogP contribution in [0, 0.1) is 0 Å². The van der Waals surface area contributed by atoms with E-state index in [2.05, 4.69) is 5.10 Å². The van der Waals surface area contributed by atoms with Gasteiger partial charge >= 0.3 is 0 Å². The third-order valence-electron chi connectivity index (χ3n) is 6.26. The van der Waals surface area contributed by atoms with E-state index < -0.39 is 0 Å². The second-order valence-electron chi connectivity index (χ2n) is 8.12. The fourth-order valence-electron chi connectivity index (χ4n) is 4.72. The van der Waals surface area contributed by atoms with Crippen LogP contribution in [0.25, 0.3) is 0 Å². The molecule has 0 unspecified atom stereocenters. The maximum Gasteiger partial charge on any atom is 0.213 e. The van der Waals surface area contributed by atoms with Crippen molar-refractivity contribution in [3.05, 3.63) is 11.8 Å². The number of aromatic hydroxyl groups is 1. The van der Waals surface area contributed by atoms with Crippen LogP contribution >= 0.6 is 0 Å². The lowest BCUT2D eigenvalue weighted by molar-refractivity contribution is 0.300. The minimum atomic E-state index is 0.415. The van der Waals surface area contributed by atoms with Crippen LogP contribution in [-0.4, -0.2) is 14.9 Å². The molecule has 1 N–H and O–H groups in total. The minimum Gasteiger partial charge on any atom is -0.493 e. The van der Waals surface area contributed by atoms with Crippen molar-refractivity contribution in [1.82, 2.24) is 9.78 Å². The highest BCUT2D eigenvalue weighted by atomic mass is 16.3. The van der Waals surface area contributed by atoms with Crippen LogP contribution in [0.3, 0.4) is 0 Å². The first-order valence-corrected chi connectivity index (χ1v) is 10.6. The molecule has 0 radical (unpaired) electrons. The molecule has 2 fully saturated rings. The summed E-state index contributed by atoms with van der Waals surface area (Å²) in [6, 6.07) is 0.415.